The first-order valence-corrected chi connectivity index (χ1v) is 3.18. The second kappa shape index (κ2) is 4.78. The fraction of sp³-hybridized carbons (Fsp3) is 0. The Kier molecular flexibility index (Phi) is 3.23. The first kappa shape index (κ1) is 8.12. The normalized spacial score (nSPS) is 8.33. The fourth-order valence-electron chi connectivity index (χ4n) is 0.464. The molecule has 2 heterocycles. The third kappa shape index (κ3) is 3.25. The molecule has 2 aromatic rings. The van der Waals surface area contributed by atoms with E-state index in [-0.39, 0.29) is 5.69 Å². The van der Waals surface area contributed by atoms with Crippen molar-refractivity contribution in [2.24, 2.45) is 0 Å². The summed E-state index contributed by atoms with van der Waals surface area (Å²) in [6.45, 7) is 0. The van der Waals surface area contributed by atoms with Crippen molar-refractivity contribution >= 4 is 0 Å². The van der Waals surface area contributed by atoms with Gasteiger partial charge in [-0.2, -0.15) is 10.1 Å². The van der Waals surface area contributed by atoms with Crippen LogP contribution in [0.25, 0.3) is 0 Å². The highest BCUT2D eigenvalue weighted by molar-refractivity contribution is 4.72. The third-order valence-corrected chi connectivity index (χ3v) is 0.910. The number of hydrogen-bond acceptors (Lipinski definition) is 4. The summed E-state index contributed by atoms with van der Waals surface area (Å²) >= 11 is 0. The van der Waals surface area contributed by atoms with Gasteiger partial charge in [-0.05, 0) is 6.07 Å². The summed E-state index contributed by atoms with van der Waals surface area (Å²) in [5.41, 5.74) is -0.366. The molecule has 0 aliphatic carbocycles. The van der Waals surface area contributed by atoms with Crippen molar-refractivity contribution in [2.75, 3.05) is 0 Å². The second-order valence-electron chi connectivity index (χ2n) is 1.74. The highest BCUT2D eigenvalue weighted by atomic mass is 16.1. The van der Waals surface area contributed by atoms with Crippen molar-refractivity contribution < 1.29 is 0 Å². The Morgan fingerprint density at radius 3 is 2.58 bits per heavy atom. The minimum atomic E-state index is -0.366. The zero-order valence-corrected chi connectivity index (χ0v) is 6.14. The number of aromatic amines is 2. The lowest BCUT2D eigenvalue weighted by Crippen LogP contribution is -2.07. The molecule has 2 rings (SSSR count). The van der Waals surface area contributed by atoms with E-state index >= 15 is 0 Å². The monoisotopic (exact) mass is 165 g/mol. The van der Waals surface area contributed by atoms with Gasteiger partial charge in [0.15, 0.2) is 0 Å². The van der Waals surface area contributed by atoms with Gasteiger partial charge in [-0.15, -0.1) is 0 Å². The van der Waals surface area contributed by atoms with Gasteiger partial charge < -0.3 is 0 Å². The molecule has 62 valence electrons. The molecule has 0 aromatic carbocycles. The van der Waals surface area contributed by atoms with Crippen molar-refractivity contribution in [3.8, 4) is 0 Å². The van der Waals surface area contributed by atoms with Gasteiger partial charge in [0, 0.05) is 12.4 Å². The Morgan fingerprint density at radius 1 is 1.42 bits per heavy atom. The van der Waals surface area contributed by atoms with Crippen LogP contribution < -0.4 is 5.69 Å². The molecule has 0 fully saturated rings. The molecule has 2 N–H and O–H groups in total. The molecule has 12 heavy (non-hydrogen) atoms. The summed E-state index contributed by atoms with van der Waals surface area (Å²) in [6.07, 6.45) is 5.94. The maximum Gasteiger partial charge on any atom is 0.347 e. The molecule has 0 atom stereocenters. The summed E-state index contributed by atoms with van der Waals surface area (Å²) in [5.74, 6) is 0. The number of rotatable bonds is 0. The van der Waals surface area contributed by atoms with Gasteiger partial charge in [-0.3, -0.25) is 10.1 Å². The van der Waals surface area contributed by atoms with Crippen LogP contribution in [0, 0.1) is 0 Å². The van der Waals surface area contributed by atoms with Gasteiger partial charge in [-0.25, -0.2) is 9.78 Å². The smallest absolute Gasteiger partial charge is 0.296 e. The standard InChI is InChI=1S/C3H3N3O.C3H4N2/c7-3-5-1-4-2-6-3;1-2-4-5-3-1/h1-2H,(H,4,5,6,7);1-3H,(H,4,5). The van der Waals surface area contributed by atoms with Crippen LogP contribution in [0.3, 0.4) is 0 Å². The molecule has 6 heteroatoms. The molecule has 0 saturated heterocycles. The van der Waals surface area contributed by atoms with E-state index in [9.17, 15) is 4.79 Å². The molecular formula is C6H7N5O. The van der Waals surface area contributed by atoms with Crippen LogP contribution in [0.15, 0.2) is 35.9 Å². The first-order valence-electron chi connectivity index (χ1n) is 3.18. The summed E-state index contributed by atoms with van der Waals surface area (Å²) in [6, 6.07) is 1.83. The molecule has 0 radical (unpaired) electrons. The van der Waals surface area contributed by atoms with Crippen molar-refractivity contribution in [2.45, 2.75) is 0 Å². The Labute approximate surface area is 67.7 Å². The van der Waals surface area contributed by atoms with Crippen molar-refractivity contribution in [1.29, 1.82) is 0 Å². The van der Waals surface area contributed by atoms with Crippen LogP contribution in [0.4, 0.5) is 0 Å². The average molecular weight is 165 g/mol. The number of aromatic nitrogens is 5. The number of nitrogens with one attached hydrogen (secondary N) is 2. The van der Waals surface area contributed by atoms with Crippen molar-refractivity contribution in [1.82, 2.24) is 25.1 Å². The maximum atomic E-state index is 10.1. The van der Waals surface area contributed by atoms with Crippen LogP contribution in [0.1, 0.15) is 0 Å². The minimum absolute atomic E-state index is 0.366. The zero-order chi connectivity index (χ0) is 8.65. The Morgan fingerprint density at radius 2 is 2.33 bits per heavy atom. The van der Waals surface area contributed by atoms with E-state index in [2.05, 4.69) is 25.1 Å². The van der Waals surface area contributed by atoms with E-state index in [1.807, 2.05) is 6.07 Å². The molecule has 6 nitrogen and oxygen atoms in total. The van der Waals surface area contributed by atoms with Gasteiger partial charge in [0.1, 0.15) is 6.33 Å². The van der Waals surface area contributed by atoms with E-state index in [1.165, 1.54) is 12.7 Å². The number of nitrogens with zero attached hydrogens (tertiary/aromatic N) is 3. The lowest BCUT2D eigenvalue weighted by atomic mass is 10.8. The van der Waals surface area contributed by atoms with Crippen molar-refractivity contribution in [3.63, 3.8) is 0 Å². The van der Waals surface area contributed by atoms with Gasteiger partial charge >= 0.3 is 5.69 Å². The van der Waals surface area contributed by atoms with Gasteiger partial charge in [0.05, 0.1) is 6.33 Å². The predicted molar refractivity (Wildman–Crippen MR) is 41.2 cm³/mol. The largest absolute Gasteiger partial charge is 0.347 e. The Hall–Kier alpha value is -1.98. The van der Waals surface area contributed by atoms with E-state index in [0.717, 1.165) is 0 Å². The predicted octanol–water partition coefficient (Wildman–Crippen LogP) is -0.425. The SMILES string of the molecule is O=c1ncnc[nH]1.c1cn[nH]c1. The average Bonchev–Trinajstić information content (AvgIpc) is 2.62. The van der Waals surface area contributed by atoms with E-state index in [1.54, 1.807) is 12.4 Å². The topological polar surface area (TPSA) is 87.3 Å². The molecule has 0 bridgehead atoms. The van der Waals surface area contributed by atoms with Gasteiger partial charge in [-0.1, -0.05) is 0 Å². The van der Waals surface area contributed by atoms with E-state index in [4.69, 9.17) is 0 Å². The molecule has 0 aliphatic heterocycles. The highest BCUT2D eigenvalue weighted by Gasteiger charge is 1.71. The lowest BCUT2D eigenvalue weighted by Gasteiger charge is -1.72. The van der Waals surface area contributed by atoms with E-state index in [0.29, 0.717) is 0 Å². The molecule has 0 saturated carbocycles. The quantitative estimate of drug-likeness (QED) is 0.554. The summed E-state index contributed by atoms with van der Waals surface area (Å²) in [4.78, 5) is 19.1. The maximum absolute atomic E-state index is 10.1. The van der Waals surface area contributed by atoms with Gasteiger partial charge in [0.2, 0.25) is 0 Å². The van der Waals surface area contributed by atoms with E-state index < -0.39 is 0 Å². The third-order valence-electron chi connectivity index (χ3n) is 0.910. The summed E-state index contributed by atoms with van der Waals surface area (Å²) < 4.78 is 0. The summed E-state index contributed by atoms with van der Waals surface area (Å²) in [7, 11) is 0. The van der Waals surface area contributed by atoms with Crippen LogP contribution >= 0.6 is 0 Å². The fourth-order valence-corrected chi connectivity index (χ4v) is 0.464. The molecular weight excluding hydrogens is 158 g/mol. The zero-order valence-electron chi connectivity index (χ0n) is 6.14. The molecule has 0 amide bonds. The van der Waals surface area contributed by atoms with Crippen LogP contribution in [0.2, 0.25) is 0 Å². The van der Waals surface area contributed by atoms with Gasteiger partial charge in [0.25, 0.3) is 0 Å². The minimum Gasteiger partial charge on any atom is -0.296 e. The van der Waals surface area contributed by atoms with Crippen LogP contribution in [-0.2, 0) is 0 Å². The highest BCUT2D eigenvalue weighted by Crippen LogP contribution is 1.64. The number of hydrogen-bond donors (Lipinski definition) is 2. The molecule has 0 spiro atoms. The Balaban J connectivity index is 0.000000127. The summed E-state index contributed by atoms with van der Waals surface area (Å²) in [5, 5.41) is 6.21. The number of H-pyrrole nitrogens is 2. The van der Waals surface area contributed by atoms with Crippen molar-refractivity contribution in [3.05, 3.63) is 41.6 Å². The Bertz CT molecular complexity index is 306. The van der Waals surface area contributed by atoms with Crippen LogP contribution in [0.5, 0.6) is 0 Å². The second-order valence-corrected chi connectivity index (χ2v) is 1.74. The molecule has 0 aliphatic rings. The van der Waals surface area contributed by atoms with Crippen LogP contribution in [-0.4, -0.2) is 25.1 Å². The molecule has 2 aromatic heterocycles. The lowest BCUT2D eigenvalue weighted by molar-refractivity contribution is 0.985. The first-order chi connectivity index (χ1) is 5.89. The molecule has 0 unspecified atom stereocenters.